The number of carbonyl (C=O) groups is 1. The Hall–Kier alpha value is -0.0500. The highest BCUT2D eigenvalue weighted by molar-refractivity contribution is 9.10. The number of hydrogen-bond acceptors (Lipinski definition) is 1. The van der Waals surface area contributed by atoms with Gasteiger partial charge < -0.3 is 5.32 Å². The van der Waals surface area contributed by atoms with Crippen LogP contribution in [0.3, 0.4) is 0 Å². The maximum Gasteiger partial charge on any atom is 0.234 e. The summed E-state index contributed by atoms with van der Waals surface area (Å²) >= 11 is 3.41. The normalized spacial score (nSPS) is 12.7. The quantitative estimate of drug-likeness (QED) is 0.435. The van der Waals surface area contributed by atoms with E-state index < -0.39 is 0 Å². The molecule has 0 heterocycles. The van der Waals surface area contributed by atoms with Crippen LogP contribution in [0.4, 0.5) is 0 Å². The van der Waals surface area contributed by atoms with E-state index in [2.05, 4.69) is 42.0 Å². The van der Waals surface area contributed by atoms with Gasteiger partial charge in [-0.2, -0.15) is 0 Å². The minimum Gasteiger partial charge on any atom is -0.355 e. The summed E-state index contributed by atoms with van der Waals surface area (Å²) in [4.78, 5) is 11.6. The molecule has 0 saturated carbocycles. The molecular weight excluding hydrogens is 290 g/mol. The van der Waals surface area contributed by atoms with Gasteiger partial charge in [0.15, 0.2) is 0 Å². The van der Waals surface area contributed by atoms with Crippen molar-refractivity contribution in [2.75, 3.05) is 6.54 Å². The fourth-order valence-corrected chi connectivity index (χ4v) is 2.03. The lowest BCUT2D eigenvalue weighted by Gasteiger charge is -2.13. The summed E-state index contributed by atoms with van der Waals surface area (Å²) in [7, 11) is 0. The molecule has 0 rings (SSSR count). The molecule has 0 aromatic carbocycles. The van der Waals surface area contributed by atoms with Gasteiger partial charge in [0.1, 0.15) is 0 Å². The zero-order chi connectivity index (χ0) is 13.8. The van der Waals surface area contributed by atoms with Gasteiger partial charge in [-0.25, -0.2) is 0 Å². The molecule has 0 radical (unpaired) electrons. The lowest BCUT2D eigenvalue weighted by atomic mass is 10.1. The van der Waals surface area contributed by atoms with E-state index in [0.29, 0.717) is 5.92 Å². The van der Waals surface area contributed by atoms with E-state index >= 15 is 0 Å². The Bertz CT molecular complexity index is 207. The largest absolute Gasteiger partial charge is 0.355 e. The predicted molar refractivity (Wildman–Crippen MR) is 83.2 cm³/mol. The zero-order valence-corrected chi connectivity index (χ0v) is 13.9. The summed E-state index contributed by atoms with van der Waals surface area (Å²) in [5.41, 5.74) is 0. The highest BCUT2D eigenvalue weighted by Crippen LogP contribution is 2.12. The first-order chi connectivity index (χ1) is 8.59. The predicted octanol–water partition coefficient (Wildman–Crippen LogP) is 4.66. The van der Waals surface area contributed by atoms with Crippen molar-refractivity contribution in [3.05, 3.63) is 0 Å². The molecule has 0 aliphatic rings. The number of nitrogens with one attached hydrogen (secondary N) is 1. The number of amides is 1. The molecule has 1 unspecified atom stereocenters. The van der Waals surface area contributed by atoms with E-state index in [1.807, 2.05) is 0 Å². The van der Waals surface area contributed by atoms with E-state index in [1.165, 1.54) is 44.9 Å². The number of carbonyl (C=O) groups excluding carboxylic acids is 1. The van der Waals surface area contributed by atoms with Crippen molar-refractivity contribution in [1.29, 1.82) is 0 Å². The van der Waals surface area contributed by atoms with Gasteiger partial charge in [0.25, 0.3) is 0 Å². The summed E-state index contributed by atoms with van der Waals surface area (Å²) in [6, 6.07) is 0. The van der Waals surface area contributed by atoms with Crippen LogP contribution in [0.1, 0.15) is 72.1 Å². The average molecular weight is 320 g/mol. The second kappa shape index (κ2) is 12.0. The lowest BCUT2D eigenvalue weighted by molar-refractivity contribution is -0.121. The molecule has 0 aliphatic carbocycles. The number of rotatable bonds is 11. The van der Waals surface area contributed by atoms with Gasteiger partial charge >= 0.3 is 0 Å². The van der Waals surface area contributed by atoms with Crippen LogP contribution < -0.4 is 5.32 Å². The van der Waals surface area contributed by atoms with Crippen molar-refractivity contribution >= 4 is 21.8 Å². The maximum absolute atomic E-state index is 11.6. The average Bonchev–Trinajstić information content (AvgIpc) is 2.35. The van der Waals surface area contributed by atoms with Crippen LogP contribution in [0.5, 0.6) is 0 Å². The Morgan fingerprint density at radius 3 is 2.00 bits per heavy atom. The highest BCUT2D eigenvalue weighted by atomic mass is 79.9. The number of hydrogen-bond donors (Lipinski definition) is 1. The molecule has 1 amide bonds. The van der Waals surface area contributed by atoms with E-state index in [0.717, 1.165) is 13.0 Å². The molecule has 0 aliphatic heterocycles. The lowest BCUT2D eigenvalue weighted by Crippen LogP contribution is -2.34. The fraction of sp³-hybridized carbons (Fsp3) is 0.933. The minimum atomic E-state index is -0.0495. The first-order valence-electron chi connectivity index (χ1n) is 7.51. The summed E-state index contributed by atoms with van der Waals surface area (Å²) in [6.45, 7) is 7.17. The molecule has 108 valence electrons. The van der Waals surface area contributed by atoms with Crippen LogP contribution in [0.15, 0.2) is 0 Å². The smallest absolute Gasteiger partial charge is 0.234 e. The van der Waals surface area contributed by atoms with Crippen molar-refractivity contribution in [2.45, 2.75) is 77.0 Å². The number of alkyl halides is 1. The van der Waals surface area contributed by atoms with Crippen LogP contribution >= 0.6 is 15.9 Å². The monoisotopic (exact) mass is 319 g/mol. The van der Waals surface area contributed by atoms with Crippen LogP contribution in [-0.4, -0.2) is 17.3 Å². The third-order valence-corrected chi connectivity index (χ3v) is 4.64. The van der Waals surface area contributed by atoms with Crippen LogP contribution in [0, 0.1) is 5.92 Å². The molecule has 0 bridgehead atoms. The maximum atomic E-state index is 11.6. The summed E-state index contributed by atoms with van der Waals surface area (Å²) < 4.78 is 0. The molecular formula is C15H30BrNO. The molecule has 1 N–H and O–H groups in total. The Morgan fingerprint density at radius 1 is 1.00 bits per heavy atom. The Morgan fingerprint density at radius 2 is 1.50 bits per heavy atom. The molecule has 2 nitrogen and oxygen atoms in total. The molecule has 0 fully saturated rings. The number of unbranched alkanes of at least 4 members (excludes halogenated alkanes) is 7. The van der Waals surface area contributed by atoms with Gasteiger partial charge in [-0.3, -0.25) is 4.79 Å². The van der Waals surface area contributed by atoms with Crippen molar-refractivity contribution in [3.8, 4) is 0 Å². The Balaban J connectivity index is 3.27. The standard InChI is InChI=1S/C15H30BrNO/c1-4-5-6-7-8-9-10-11-12-17-15(18)14(16)13(2)3/h13-14H,4-12H2,1-3H3,(H,17,18). The van der Waals surface area contributed by atoms with Gasteiger partial charge in [-0.1, -0.05) is 81.6 Å². The molecule has 1 atom stereocenters. The topological polar surface area (TPSA) is 29.1 Å². The Kier molecular flexibility index (Phi) is 12.0. The van der Waals surface area contributed by atoms with Crippen molar-refractivity contribution in [1.82, 2.24) is 5.32 Å². The molecule has 18 heavy (non-hydrogen) atoms. The van der Waals surface area contributed by atoms with Gasteiger partial charge in [0.2, 0.25) is 5.91 Å². The van der Waals surface area contributed by atoms with Crippen LogP contribution in [0.2, 0.25) is 0 Å². The van der Waals surface area contributed by atoms with Crippen LogP contribution in [-0.2, 0) is 4.79 Å². The van der Waals surface area contributed by atoms with Crippen molar-refractivity contribution < 1.29 is 4.79 Å². The van der Waals surface area contributed by atoms with Gasteiger partial charge in [-0.15, -0.1) is 0 Å². The van der Waals surface area contributed by atoms with E-state index in [-0.39, 0.29) is 10.7 Å². The molecule has 0 saturated heterocycles. The summed E-state index contributed by atoms with van der Waals surface area (Å²) in [6.07, 6.45) is 10.4. The Labute approximate surface area is 121 Å². The third-order valence-electron chi connectivity index (χ3n) is 3.17. The second-order valence-electron chi connectivity index (χ2n) is 5.41. The first-order valence-corrected chi connectivity index (χ1v) is 8.43. The second-order valence-corrected chi connectivity index (χ2v) is 6.40. The fourth-order valence-electron chi connectivity index (χ4n) is 1.87. The van der Waals surface area contributed by atoms with Crippen LogP contribution in [0.25, 0.3) is 0 Å². The zero-order valence-electron chi connectivity index (χ0n) is 12.3. The highest BCUT2D eigenvalue weighted by Gasteiger charge is 2.17. The first kappa shape index (κ1) is 17.9. The minimum absolute atomic E-state index is 0.0495. The summed E-state index contributed by atoms with van der Waals surface area (Å²) in [5, 5.41) is 2.99. The SMILES string of the molecule is CCCCCCCCCCNC(=O)C(Br)C(C)C. The van der Waals surface area contributed by atoms with Gasteiger partial charge in [-0.05, 0) is 12.3 Å². The third kappa shape index (κ3) is 9.93. The van der Waals surface area contributed by atoms with Gasteiger partial charge in [0, 0.05) is 6.54 Å². The van der Waals surface area contributed by atoms with E-state index in [9.17, 15) is 4.79 Å². The molecule has 0 aromatic rings. The van der Waals surface area contributed by atoms with Crippen molar-refractivity contribution in [3.63, 3.8) is 0 Å². The summed E-state index contributed by atoms with van der Waals surface area (Å²) in [5.74, 6) is 0.483. The molecule has 0 spiro atoms. The van der Waals surface area contributed by atoms with E-state index in [4.69, 9.17) is 0 Å². The molecule has 3 heteroatoms. The number of halogens is 1. The molecule has 0 aromatic heterocycles. The van der Waals surface area contributed by atoms with Crippen molar-refractivity contribution in [2.24, 2.45) is 5.92 Å². The van der Waals surface area contributed by atoms with Gasteiger partial charge in [0.05, 0.1) is 4.83 Å². The van der Waals surface area contributed by atoms with E-state index in [1.54, 1.807) is 0 Å².